The molecule has 0 aliphatic rings. The van der Waals surface area contributed by atoms with Crippen LogP contribution in [0.25, 0.3) is 0 Å². The number of nitrogens with two attached hydrogens (primary N) is 1. The van der Waals surface area contributed by atoms with E-state index in [0.717, 1.165) is 31.0 Å². The Balaban J connectivity index is 2.75. The molecule has 98 valence electrons. The van der Waals surface area contributed by atoms with Crippen molar-refractivity contribution in [3.63, 3.8) is 0 Å². The van der Waals surface area contributed by atoms with Gasteiger partial charge in [-0.25, -0.2) is 4.68 Å². The van der Waals surface area contributed by atoms with Gasteiger partial charge in [-0.2, -0.15) is 5.10 Å². The third-order valence-corrected chi connectivity index (χ3v) is 3.00. The Hall–Kier alpha value is -1.23. The summed E-state index contributed by atoms with van der Waals surface area (Å²) < 4.78 is 1.87. The molecule has 0 fully saturated rings. The second-order valence-electron chi connectivity index (χ2n) is 5.15. The quantitative estimate of drug-likeness (QED) is 0.706. The average Bonchev–Trinajstić information content (AvgIpc) is 2.52. The number of aryl methyl sites for hydroxylation is 2. The first-order valence-corrected chi connectivity index (χ1v) is 6.09. The molecule has 1 heterocycles. The third-order valence-electron chi connectivity index (χ3n) is 3.00. The van der Waals surface area contributed by atoms with Crippen molar-refractivity contribution in [3.8, 4) is 0 Å². The summed E-state index contributed by atoms with van der Waals surface area (Å²) in [6, 6.07) is 0. The number of anilines is 2. The summed E-state index contributed by atoms with van der Waals surface area (Å²) in [4.78, 5) is 0. The molecule has 1 aromatic heterocycles. The zero-order chi connectivity index (χ0) is 13.1. The molecule has 0 aliphatic heterocycles. The Labute approximate surface area is 103 Å². The lowest BCUT2D eigenvalue weighted by atomic mass is 9.90. The summed E-state index contributed by atoms with van der Waals surface area (Å²) in [5, 5.41) is 16.7. The van der Waals surface area contributed by atoms with Crippen molar-refractivity contribution in [3.05, 3.63) is 5.69 Å². The van der Waals surface area contributed by atoms with Crippen LogP contribution in [0.4, 0.5) is 11.5 Å². The fourth-order valence-electron chi connectivity index (χ4n) is 1.72. The summed E-state index contributed by atoms with van der Waals surface area (Å²) >= 11 is 0. The van der Waals surface area contributed by atoms with E-state index in [4.69, 9.17) is 10.8 Å². The molecule has 1 rings (SSSR count). The van der Waals surface area contributed by atoms with E-state index in [1.54, 1.807) is 0 Å². The lowest BCUT2D eigenvalue weighted by molar-refractivity contribution is 0.220. The summed E-state index contributed by atoms with van der Waals surface area (Å²) in [5.74, 6) is 0.885. The monoisotopic (exact) mass is 240 g/mol. The van der Waals surface area contributed by atoms with Crippen LogP contribution in [0.3, 0.4) is 0 Å². The van der Waals surface area contributed by atoms with Gasteiger partial charge in [0.1, 0.15) is 5.82 Å². The number of nitrogen functional groups attached to an aromatic ring is 1. The van der Waals surface area contributed by atoms with Crippen LogP contribution in [0, 0.1) is 12.3 Å². The number of hydrogen-bond acceptors (Lipinski definition) is 4. The maximum Gasteiger partial charge on any atom is 0.148 e. The van der Waals surface area contributed by atoms with Gasteiger partial charge in [0.2, 0.25) is 0 Å². The van der Waals surface area contributed by atoms with Crippen LogP contribution in [0.2, 0.25) is 0 Å². The molecule has 0 aliphatic carbocycles. The van der Waals surface area contributed by atoms with E-state index in [9.17, 15) is 0 Å². The van der Waals surface area contributed by atoms with Gasteiger partial charge in [0.25, 0.3) is 0 Å². The molecule has 0 radical (unpaired) electrons. The van der Waals surface area contributed by atoms with Gasteiger partial charge in [0, 0.05) is 19.7 Å². The molecule has 0 bridgehead atoms. The van der Waals surface area contributed by atoms with E-state index in [1.165, 1.54) is 0 Å². The van der Waals surface area contributed by atoms with Crippen molar-refractivity contribution in [2.24, 2.45) is 5.41 Å². The van der Waals surface area contributed by atoms with Crippen molar-refractivity contribution >= 4 is 11.5 Å². The molecule has 0 aromatic carbocycles. The minimum absolute atomic E-state index is 0.0396. The Bertz CT molecular complexity index is 371. The van der Waals surface area contributed by atoms with E-state index < -0.39 is 0 Å². The molecular weight excluding hydrogens is 216 g/mol. The Morgan fingerprint density at radius 2 is 2.12 bits per heavy atom. The molecule has 5 nitrogen and oxygen atoms in total. The number of aliphatic hydroxyl groups is 1. The van der Waals surface area contributed by atoms with Crippen LogP contribution in [-0.2, 0) is 6.54 Å². The van der Waals surface area contributed by atoms with Crippen molar-refractivity contribution in [1.82, 2.24) is 9.78 Å². The van der Waals surface area contributed by atoms with Crippen molar-refractivity contribution in [2.45, 2.75) is 40.7 Å². The van der Waals surface area contributed by atoms with Crippen LogP contribution >= 0.6 is 0 Å². The highest BCUT2D eigenvalue weighted by Crippen LogP contribution is 2.25. The van der Waals surface area contributed by atoms with Gasteiger partial charge in [-0.15, -0.1) is 0 Å². The van der Waals surface area contributed by atoms with Gasteiger partial charge in [-0.1, -0.05) is 13.8 Å². The summed E-state index contributed by atoms with van der Waals surface area (Å²) in [6.07, 6.45) is 0.763. The van der Waals surface area contributed by atoms with E-state index in [0.29, 0.717) is 5.69 Å². The average molecular weight is 240 g/mol. The molecular formula is C12H24N4O. The number of aromatic nitrogens is 2. The molecule has 4 N–H and O–H groups in total. The molecule has 0 amide bonds. The van der Waals surface area contributed by atoms with Crippen molar-refractivity contribution in [1.29, 1.82) is 0 Å². The molecule has 1 aromatic rings. The van der Waals surface area contributed by atoms with E-state index in [2.05, 4.69) is 24.3 Å². The van der Waals surface area contributed by atoms with Gasteiger partial charge < -0.3 is 16.2 Å². The molecule has 0 unspecified atom stereocenters. The normalized spacial score (nSPS) is 11.8. The van der Waals surface area contributed by atoms with E-state index in [1.807, 2.05) is 18.5 Å². The Morgan fingerprint density at radius 1 is 1.47 bits per heavy atom. The second-order valence-corrected chi connectivity index (χ2v) is 5.15. The number of nitrogens with one attached hydrogen (secondary N) is 1. The van der Waals surface area contributed by atoms with Gasteiger partial charge in [0.15, 0.2) is 0 Å². The Morgan fingerprint density at radius 3 is 2.65 bits per heavy atom. The van der Waals surface area contributed by atoms with Crippen LogP contribution < -0.4 is 11.1 Å². The van der Waals surface area contributed by atoms with Crippen molar-refractivity contribution in [2.75, 3.05) is 24.2 Å². The first-order valence-electron chi connectivity index (χ1n) is 6.09. The van der Waals surface area contributed by atoms with Gasteiger partial charge in [-0.05, 0) is 25.7 Å². The van der Waals surface area contributed by atoms with E-state index >= 15 is 0 Å². The fourth-order valence-corrected chi connectivity index (χ4v) is 1.72. The number of nitrogens with zero attached hydrogens (tertiary/aromatic N) is 2. The van der Waals surface area contributed by atoms with E-state index in [-0.39, 0.29) is 12.0 Å². The fraction of sp³-hybridized carbons (Fsp3) is 0.750. The summed E-state index contributed by atoms with van der Waals surface area (Å²) in [7, 11) is 0. The molecule has 0 spiro atoms. The number of aliphatic hydroxyl groups excluding tert-OH is 1. The van der Waals surface area contributed by atoms with Gasteiger partial charge in [-0.3, -0.25) is 0 Å². The zero-order valence-corrected chi connectivity index (χ0v) is 11.2. The smallest absolute Gasteiger partial charge is 0.148 e. The number of rotatable bonds is 6. The van der Waals surface area contributed by atoms with Crippen molar-refractivity contribution < 1.29 is 5.11 Å². The van der Waals surface area contributed by atoms with Crippen LogP contribution in [0.15, 0.2) is 0 Å². The SMILES string of the molecule is CCn1nc(C)c(N)c1NCC(C)(C)CCO. The highest BCUT2D eigenvalue weighted by atomic mass is 16.3. The predicted molar refractivity (Wildman–Crippen MR) is 71.0 cm³/mol. The molecule has 5 heteroatoms. The standard InChI is InChI=1S/C12H24N4O/c1-5-16-11(10(13)9(2)15-16)14-8-12(3,4)6-7-17/h14,17H,5-8,13H2,1-4H3. The van der Waals surface area contributed by atoms with Crippen LogP contribution in [-0.4, -0.2) is 28.0 Å². The number of hydrogen-bond donors (Lipinski definition) is 3. The molecule has 0 saturated carbocycles. The maximum atomic E-state index is 8.99. The largest absolute Gasteiger partial charge is 0.396 e. The van der Waals surface area contributed by atoms with Crippen LogP contribution in [0.1, 0.15) is 32.9 Å². The molecule has 0 saturated heterocycles. The van der Waals surface area contributed by atoms with Gasteiger partial charge in [0.05, 0.1) is 11.4 Å². The summed E-state index contributed by atoms with van der Waals surface area (Å²) in [5.41, 5.74) is 7.60. The highest BCUT2D eigenvalue weighted by molar-refractivity contribution is 5.64. The summed E-state index contributed by atoms with van der Waals surface area (Å²) in [6.45, 7) is 9.94. The zero-order valence-electron chi connectivity index (χ0n) is 11.2. The lowest BCUT2D eigenvalue weighted by Gasteiger charge is -2.24. The second kappa shape index (κ2) is 5.40. The molecule has 17 heavy (non-hydrogen) atoms. The van der Waals surface area contributed by atoms with Crippen LogP contribution in [0.5, 0.6) is 0 Å². The first-order chi connectivity index (χ1) is 7.91. The predicted octanol–water partition coefficient (Wildman–Crippen LogP) is 1.61. The minimum atomic E-state index is 0.0396. The topological polar surface area (TPSA) is 76.1 Å². The van der Waals surface area contributed by atoms with Gasteiger partial charge >= 0.3 is 0 Å². The lowest BCUT2D eigenvalue weighted by Crippen LogP contribution is -2.25. The maximum absolute atomic E-state index is 8.99. The third kappa shape index (κ3) is 3.36. The first kappa shape index (κ1) is 13.8. The molecule has 0 atom stereocenters. The minimum Gasteiger partial charge on any atom is -0.396 e. The Kier molecular flexibility index (Phi) is 4.40. The highest BCUT2D eigenvalue weighted by Gasteiger charge is 2.19.